The number of nitrogens with two attached hydrogens (primary N) is 1. The zero-order valence-corrected chi connectivity index (χ0v) is 7.91. The molecular weight excluding hydrogens is 183 g/mol. The summed E-state index contributed by atoms with van der Waals surface area (Å²) in [4.78, 5) is 16.6. The highest BCUT2D eigenvalue weighted by Crippen LogP contribution is 2.35. The van der Waals surface area contributed by atoms with Crippen LogP contribution in [0.4, 0.5) is 0 Å². The van der Waals surface area contributed by atoms with Gasteiger partial charge in [0, 0.05) is 13.1 Å². The van der Waals surface area contributed by atoms with Crippen LogP contribution in [0.5, 0.6) is 0 Å². The monoisotopic (exact) mass is 198 g/mol. The molecule has 0 aliphatic carbocycles. The van der Waals surface area contributed by atoms with Gasteiger partial charge in [0.15, 0.2) is 0 Å². The number of hydrazine groups is 1. The van der Waals surface area contributed by atoms with Crippen LogP contribution in [-0.4, -0.2) is 34.5 Å². The van der Waals surface area contributed by atoms with E-state index in [4.69, 9.17) is 15.6 Å². The average molecular weight is 198 g/mol. The summed E-state index contributed by atoms with van der Waals surface area (Å²) in [5, 5.41) is 1.45. The standard InChI is InChI=1S/C5H15N2O4P/c1-2-3-7(6)4-5-11-12(8,9)10/h2-6H2,1H3,(H2,8,9,10). The molecule has 0 heterocycles. The van der Waals surface area contributed by atoms with Crippen molar-refractivity contribution in [3.63, 3.8) is 0 Å². The van der Waals surface area contributed by atoms with Crippen LogP contribution in [0.3, 0.4) is 0 Å². The minimum atomic E-state index is -4.32. The molecule has 12 heavy (non-hydrogen) atoms. The second-order valence-corrected chi connectivity index (χ2v) is 3.60. The third-order valence-electron chi connectivity index (χ3n) is 1.15. The van der Waals surface area contributed by atoms with Crippen LogP contribution in [0.2, 0.25) is 0 Å². The molecule has 0 aliphatic rings. The Balaban J connectivity index is 3.37. The first-order chi connectivity index (χ1) is 5.45. The maximum Gasteiger partial charge on any atom is 0.469 e. The van der Waals surface area contributed by atoms with Gasteiger partial charge in [-0.3, -0.25) is 10.4 Å². The number of phosphoric acid groups is 1. The fourth-order valence-electron chi connectivity index (χ4n) is 0.676. The molecular formula is C5H15N2O4P. The van der Waals surface area contributed by atoms with Crippen molar-refractivity contribution in [3.05, 3.63) is 0 Å². The van der Waals surface area contributed by atoms with Crippen LogP contribution in [0, 0.1) is 0 Å². The first kappa shape index (κ1) is 12.0. The van der Waals surface area contributed by atoms with Gasteiger partial charge in [-0.2, -0.15) is 0 Å². The third-order valence-corrected chi connectivity index (χ3v) is 1.67. The molecule has 0 saturated carbocycles. The lowest BCUT2D eigenvalue weighted by molar-refractivity contribution is 0.162. The maximum atomic E-state index is 10.2. The van der Waals surface area contributed by atoms with Gasteiger partial charge in [-0.15, -0.1) is 0 Å². The molecule has 0 bridgehead atoms. The predicted octanol–water partition coefficient (Wildman–Crippen LogP) is -0.319. The highest BCUT2D eigenvalue weighted by molar-refractivity contribution is 7.46. The van der Waals surface area contributed by atoms with Gasteiger partial charge < -0.3 is 9.79 Å². The van der Waals surface area contributed by atoms with E-state index in [2.05, 4.69) is 4.52 Å². The van der Waals surface area contributed by atoms with E-state index < -0.39 is 7.82 Å². The predicted molar refractivity (Wildman–Crippen MR) is 44.0 cm³/mol. The largest absolute Gasteiger partial charge is 0.469 e. The summed E-state index contributed by atoms with van der Waals surface area (Å²) < 4.78 is 14.4. The summed E-state index contributed by atoms with van der Waals surface area (Å²) >= 11 is 0. The number of hydrogen-bond donors (Lipinski definition) is 3. The van der Waals surface area contributed by atoms with Gasteiger partial charge >= 0.3 is 7.82 Å². The van der Waals surface area contributed by atoms with E-state index in [-0.39, 0.29) is 6.61 Å². The topological polar surface area (TPSA) is 96.0 Å². The fraction of sp³-hybridized carbons (Fsp3) is 1.00. The van der Waals surface area contributed by atoms with E-state index in [1.807, 2.05) is 6.92 Å². The van der Waals surface area contributed by atoms with Gasteiger partial charge in [0.25, 0.3) is 0 Å². The van der Waals surface area contributed by atoms with Crippen molar-refractivity contribution < 1.29 is 18.9 Å². The lowest BCUT2D eigenvalue weighted by Gasteiger charge is -2.14. The minimum Gasteiger partial charge on any atom is -0.303 e. The van der Waals surface area contributed by atoms with Crippen molar-refractivity contribution in [2.75, 3.05) is 19.7 Å². The Bertz CT molecular complexity index is 160. The molecule has 0 unspecified atom stereocenters. The Morgan fingerprint density at radius 1 is 1.50 bits per heavy atom. The van der Waals surface area contributed by atoms with Gasteiger partial charge in [0.1, 0.15) is 0 Å². The summed E-state index contributed by atoms with van der Waals surface area (Å²) in [6.07, 6.45) is 0.895. The molecule has 0 spiro atoms. The lowest BCUT2D eigenvalue weighted by atomic mass is 10.4. The second-order valence-electron chi connectivity index (χ2n) is 2.36. The molecule has 0 aromatic rings. The van der Waals surface area contributed by atoms with Gasteiger partial charge in [-0.05, 0) is 6.42 Å². The molecule has 74 valence electrons. The summed E-state index contributed by atoms with van der Waals surface area (Å²) in [6, 6.07) is 0. The Hall–Kier alpha value is 0.0300. The Kier molecular flexibility index (Phi) is 5.65. The molecule has 0 radical (unpaired) electrons. The van der Waals surface area contributed by atoms with E-state index >= 15 is 0 Å². The van der Waals surface area contributed by atoms with Gasteiger partial charge in [-0.1, -0.05) is 6.92 Å². The van der Waals surface area contributed by atoms with Crippen molar-refractivity contribution in [2.45, 2.75) is 13.3 Å². The quantitative estimate of drug-likeness (QED) is 0.307. The summed E-state index contributed by atoms with van der Waals surface area (Å²) in [6.45, 7) is 2.91. The first-order valence-electron chi connectivity index (χ1n) is 3.65. The van der Waals surface area contributed by atoms with Gasteiger partial charge in [-0.25, -0.2) is 9.57 Å². The van der Waals surface area contributed by atoms with E-state index in [0.29, 0.717) is 13.1 Å². The SMILES string of the molecule is CCCN(N)CCOP(=O)(O)O. The second kappa shape index (κ2) is 5.64. The molecule has 0 amide bonds. The molecule has 0 saturated heterocycles. The Morgan fingerprint density at radius 3 is 2.50 bits per heavy atom. The molecule has 0 rings (SSSR count). The molecule has 0 aromatic carbocycles. The lowest BCUT2D eigenvalue weighted by Crippen LogP contribution is -2.34. The van der Waals surface area contributed by atoms with E-state index in [9.17, 15) is 4.57 Å². The van der Waals surface area contributed by atoms with Crippen molar-refractivity contribution in [3.8, 4) is 0 Å². The van der Waals surface area contributed by atoms with Crippen LogP contribution in [0.1, 0.15) is 13.3 Å². The van der Waals surface area contributed by atoms with E-state index in [1.165, 1.54) is 5.01 Å². The molecule has 0 atom stereocenters. The van der Waals surface area contributed by atoms with Crippen molar-refractivity contribution in [2.24, 2.45) is 5.84 Å². The molecule has 6 nitrogen and oxygen atoms in total. The van der Waals surface area contributed by atoms with Crippen LogP contribution in [0.25, 0.3) is 0 Å². The third kappa shape index (κ3) is 8.13. The molecule has 4 N–H and O–H groups in total. The molecule has 7 heteroatoms. The maximum absolute atomic E-state index is 10.2. The number of phosphoric ester groups is 1. The van der Waals surface area contributed by atoms with E-state index in [0.717, 1.165) is 6.42 Å². The first-order valence-corrected chi connectivity index (χ1v) is 5.18. The highest BCUT2D eigenvalue weighted by atomic mass is 31.2. The smallest absolute Gasteiger partial charge is 0.303 e. The summed E-state index contributed by atoms with van der Waals surface area (Å²) in [5.41, 5.74) is 0. The van der Waals surface area contributed by atoms with Crippen molar-refractivity contribution >= 4 is 7.82 Å². The van der Waals surface area contributed by atoms with Crippen LogP contribution >= 0.6 is 7.82 Å². The zero-order valence-electron chi connectivity index (χ0n) is 7.01. The normalized spacial score (nSPS) is 12.4. The van der Waals surface area contributed by atoms with Crippen LogP contribution in [-0.2, 0) is 9.09 Å². The van der Waals surface area contributed by atoms with Gasteiger partial charge in [0.05, 0.1) is 6.61 Å². The fourth-order valence-corrected chi connectivity index (χ4v) is 0.995. The molecule has 0 aromatic heterocycles. The molecule has 0 fully saturated rings. The van der Waals surface area contributed by atoms with Crippen molar-refractivity contribution in [1.29, 1.82) is 0 Å². The zero-order chi connectivity index (χ0) is 9.61. The number of hydrogen-bond acceptors (Lipinski definition) is 4. The van der Waals surface area contributed by atoms with Crippen molar-refractivity contribution in [1.82, 2.24) is 5.01 Å². The Labute approximate surface area is 71.5 Å². The van der Waals surface area contributed by atoms with Gasteiger partial charge in [0.2, 0.25) is 0 Å². The molecule has 0 aliphatic heterocycles. The number of nitrogens with zero attached hydrogens (tertiary/aromatic N) is 1. The highest BCUT2D eigenvalue weighted by Gasteiger charge is 2.13. The average Bonchev–Trinajstić information content (AvgIpc) is 1.84. The summed E-state index contributed by atoms with van der Waals surface area (Å²) in [7, 11) is -4.32. The van der Waals surface area contributed by atoms with Crippen LogP contribution in [0.15, 0.2) is 0 Å². The van der Waals surface area contributed by atoms with E-state index in [1.54, 1.807) is 0 Å². The van der Waals surface area contributed by atoms with Crippen LogP contribution < -0.4 is 5.84 Å². The summed E-state index contributed by atoms with van der Waals surface area (Å²) in [5.74, 6) is 5.41. The number of rotatable bonds is 6. The Morgan fingerprint density at radius 2 is 2.08 bits per heavy atom. The minimum absolute atomic E-state index is 0.0548.